The molecule has 5 rings (SSSR count). The number of fused-ring (bicyclic) bond motifs is 2. The summed E-state index contributed by atoms with van der Waals surface area (Å²) in [5.41, 5.74) is 4.77. The molecule has 3 aromatic rings. The van der Waals surface area contributed by atoms with Crippen LogP contribution in [0, 0.1) is 13.8 Å². The molecule has 1 spiro atoms. The van der Waals surface area contributed by atoms with Crippen molar-refractivity contribution in [2.75, 3.05) is 13.1 Å². The third-order valence-corrected chi connectivity index (χ3v) is 6.53. The summed E-state index contributed by atoms with van der Waals surface area (Å²) in [4.78, 5) is 27.4. The van der Waals surface area contributed by atoms with Gasteiger partial charge in [0.25, 0.3) is 5.56 Å². The lowest BCUT2D eigenvalue weighted by molar-refractivity contribution is 0.136. The molecule has 2 aliphatic rings. The molecule has 1 saturated heterocycles. The Morgan fingerprint density at radius 1 is 1.31 bits per heavy atom. The van der Waals surface area contributed by atoms with Crippen LogP contribution < -0.4 is 5.56 Å². The molecule has 1 unspecified atom stereocenters. The maximum Gasteiger partial charge on any atom is 0.254 e. The molecular weight excluding hydrogens is 366 g/mol. The molecular formula is C22H25N5O2. The van der Waals surface area contributed by atoms with Crippen molar-refractivity contribution in [2.45, 2.75) is 51.5 Å². The van der Waals surface area contributed by atoms with Crippen LogP contribution in [0.1, 0.15) is 47.5 Å². The maximum absolute atomic E-state index is 12.8. The summed E-state index contributed by atoms with van der Waals surface area (Å²) in [5.74, 6) is 1.51. The van der Waals surface area contributed by atoms with E-state index >= 15 is 0 Å². The Bertz CT molecular complexity index is 1080. The lowest BCUT2D eigenvalue weighted by Gasteiger charge is -2.40. The number of aromatic amines is 1. The number of hydrogen-bond donors (Lipinski definition) is 1. The van der Waals surface area contributed by atoms with E-state index in [2.05, 4.69) is 20.0 Å². The minimum Gasteiger partial charge on any atom is -0.361 e. The van der Waals surface area contributed by atoms with Crippen LogP contribution in [0.4, 0.5) is 0 Å². The largest absolute Gasteiger partial charge is 0.361 e. The molecule has 0 amide bonds. The van der Waals surface area contributed by atoms with E-state index in [1.807, 2.05) is 26.0 Å². The van der Waals surface area contributed by atoms with E-state index in [0.717, 1.165) is 73.6 Å². The number of pyridine rings is 1. The number of H-pyrrole nitrogens is 1. The van der Waals surface area contributed by atoms with Gasteiger partial charge in [0, 0.05) is 47.6 Å². The average molecular weight is 391 g/mol. The zero-order valence-electron chi connectivity index (χ0n) is 16.9. The normalized spacial score (nSPS) is 21.6. The molecule has 3 aromatic heterocycles. The Morgan fingerprint density at radius 3 is 2.97 bits per heavy atom. The molecule has 7 nitrogen and oxygen atoms in total. The van der Waals surface area contributed by atoms with E-state index in [1.54, 1.807) is 12.4 Å². The Kier molecular flexibility index (Phi) is 4.35. The van der Waals surface area contributed by atoms with Gasteiger partial charge in [0.1, 0.15) is 11.6 Å². The number of nitrogens with zero attached hydrogens (tertiary/aromatic N) is 4. The Morgan fingerprint density at radius 2 is 2.21 bits per heavy atom. The maximum atomic E-state index is 12.8. The molecule has 1 aliphatic carbocycles. The second-order valence-electron chi connectivity index (χ2n) is 8.38. The van der Waals surface area contributed by atoms with Gasteiger partial charge in [-0.25, -0.2) is 4.98 Å². The van der Waals surface area contributed by atoms with E-state index in [9.17, 15) is 4.79 Å². The van der Waals surface area contributed by atoms with Crippen LogP contribution in [0.25, 0.3) is 11.4 Å². The van der Waals surface area contributed by atoms with Gasteiger partial charge in [0.15, 0.2) is 0 Å². The summed E-state index contributed by atoms with van der Waals surface area (Å²) in [6.45, 7) is 6.75. The molecule has 1 atom stereocenters. The second kappa shape index (κ2) is 6.91. The molecule has 0 saturated carbocycles. The Labute approximate surface area is 169 Å². The van der Waals surface area contributed by atoms with Crippen molar-refractivity contribution in [1.82, 2.24) is 25.0 Å². The molecule has 0 aromatic carbocycles. The first-order valence-corrected chi connectivity index (χ1v) is 10.2. The van der Waals surface area contributed by atoms with E-state index in [0.29, 0.717) is 5.82 Å². The van der Waals surface area contributed by atoms with Crippen molar-refractivity contribution >= 4 is 0 Å². The van der Waals surface area contributed by atoms with Gasteiger partial charge in [-0.2, -0.15) is 0 Å². The van der Waals surface area contributed by atoms with Gasteiger partial charge in [0.2, 0.25) is 0 Å². The predicted molar refractivity (Wildman–Crippen MR) is 109 cm³/mol. The fraction of sp³-hybridized carbons (Fsp3) is 0.455. The number of piperidine rings is 1. The van der Waals surface area contributed by atoms with E-state index in [4.69, 9.17) is 9.51 Å². The van der Waals surface area contributed by atoms with Crippen LogP contribution in [-0.4, -0.2) is 38.1 Å². The zero-order valence-corrected chi connectivity index (χ0v) is 16.9. The minimum atomic E-state index is -0.0578. The van der Waals surface area contributed by atoms with Crippen LogP contribution in [0.3, 0.4) is 0 Å². The first-order chi connectivity index (χ1) is 14.1. The molecule has 1 aliphatic heterocycles. The van der Waals surface area contributed by atoms with Gasteiger partial charge < -0.3 is 9.51 Å². The highest BCUT2D eigenvalue weighted by Gasteiger charge is 2.44. The number of hydrogen-bond acceptors (Lipinski definition) is 6. The Balaban J connectivity index is 1.50. The fourth-order valence-electron chi connectivity index (χ4n) is 5.00. The first kappa shape index (κ1) is 18.2. The fourth-order valence-corrected chi connectivity index (χ4v) is 5.00. The van der Waals surface area contributed by atoms with Gasteiger partial charge in [-0.15, -0.1) is 0 Å². The predicted octanol–water partition coefficient (Wildman–Crippen LogP) is 2.92. The van der Waals surface area contributed by atoms with Crippen molar-refractivity contribution in [3.8, 4) is 11.4 Å². The van der Waals surface area contributed by atoms with Crippen molar-refractivity contribution in [3.63, 3.8) is 0 Å². The van der Waals surface area contributed by atoms with Gasteiger partial charge in [0.05, 0.1) is 11.4 Å². The molecule has 7 heteroatoms. The molecule has 1 N–H and O–H groups in total. The van der Waals surface area contributed by atoms with Crippen molar-refractivity contribution in [2.24, 2.45) is 0 Å². The highest BCUT2D eigenvalue weighted by Crippen LogP contribution is 2.43. The summed E-state index contributed by atoms with van der Waals surface area (Å²) in [6.07, 6.45) is 7.42. The van der Waals surface area contributed by atoms with Crippen molar-refractivity contribution in [1.29, 1.82) is 0 Å². The SMILES string of the molecule is Cc1noc(C)c1CN1CCCC2(CCc3c2nc(-c2cccnc2)[nH]c3=O)C1. The number of nitrogens with one attached hydrogen (secondary N) is 1. The van der Waals surface area contributed by atoms with Gasteiger partial charge >= 0.3 is 0 Å². The van der Waals surface area contributed by atoms with Crippen LogP contribution >= 0.6 is 0 Å². The van der Waals surface area contributed by atoms with Crippen molar-refractivity contribution in [3.05, 3.63) is 63.2 Å². The summed E-state index contributed by atoms with van der Waals surface area (Å²) >= 11 is 0. The van der Waals surface area contributed by atoms with E-state index in [-0.39, 0.29) is 11.0 Å². The third kappa shape index (κ3) is 3.09. The quantitative estimate of drug-likeness (QED) is 0.739. The second-order valence-corrected chi connectivity index (χ2v) is 8.38. The van der Waals surface area contributed by atoms with E-state index < -0.39 is 0 Å². The summed E-state index contributed by atoms with van der Waals surface area (Å²) in [5, 5.41) is 4.10. The number of aromatic nitrogens is 4. The summed E-state index contributed by atoms with van der Waals surface area (Å²) < 4.78 is 5.35. The monoisotopic (exact) mass is 391 g/mol. The molecule has 0 bridgehead atoms. The lowest BCUT2D eigenvalue weighted by atomic mass is 9.77. The van der Waals surface area contributed by atoms with Crippen LogP contribution in [0.5, 0.6) is 0 Å². The lowest BCUT2D eigenvalue weighted by Crippen LogP contribution is -2.45. The standard InChI is InChI=1S/C22H25N5O2/c1-14-18(15(2)29-26-14)12-27-10-4-7-22(13-27)8-6-17-19(22)24-20(25-21(17)28)16-5-3-9-23-11-16/h3,5,9,11H,4,6-8,10,12-13H2,1-2H3,(H,24,25,28). The highest BCUT2D eigenvalue weighted by atomic mass is 16.5. The van der Waals surface area contributed by atoms with Gasteiger partial charge in [-0.1, -0.05) is 5.16 Å². The minimum absolute atomic E-state index is 0.00595. The molecule has 150 valence electrons. The third-order valence-electron chi connectivity index (χ3n) is 6.53. The number of likely N-dealkylation sites (tertiary alicyclic amines) is 1. The van der Waals surface area contributed by atoms with Crippen molar-refractivity contribution < 1.29 is 4.52 Å². The first-order valence-electron chi connectivity index (χ1n) is 10.2. The molecule has 4 heterocycles. The van der Waals surface area contributed by atoms with Crippen LogP contribution in [-0.2, 0) is 18.4 Å². The molecule has 29 heavy (non-hydrogen) atoms. The average Bonchev–Trinajstić information content (AvgIpc) is 3.24. The number of aryl methyl sites for hydroxylation is 2. The Hall–Kier alpha value is -2.80. The highest BCUT2D eigenvalue weighted by molar-refractivity contribution is 5.54. The van der Waals surface area contributed by atoms with Gasteiger partial charge in [-0.05, 0) is 58.2 Å². The smallest absolute Gasteiger partial charge is 0.254 e. The molecule has 0 radical (unpaired) electrons. The molecule has 1 fully saturated rings. The number of rotatable bonds is 3. The van der Waals surface area contributed by atoms with Crippen LogP contribution in [0.2, 0.25) is 0 Å². The summed E-state index contributed by atoms with van der Waals surface area (Å²) in [6, 6.07) is 3.80. The van der Waals surface area contributed by atoms with Crippen LogP contribution in [0.15, 0.2) is 33.8 Å². The topological polar surface area (TPSA) is 87.9 Å². The van der Waals surface area contributed by atoms with E-state index in [1.165, 1.54) is 5.56 Å². The summed E-state index contributed by atoms with van der Waals surface area (Å²) in [7, 11) is 0. The zero-order chi connectivity index (χ0) is 20.0. The van der Waals surface area contributed by atoms with Gasteiger partial charge in [-0.3, -0.25) is 14.7 Å².